The Morgan fingerprint density at radius 2 is 1.94 bits per heavy atom. The van der Waals surface area contributed by atoms with Crippen LogP contribution in [0.25, 0.3) is 0 Å². The average Bonchev–Trinajstić information content (AvgIpc) is 2.78. The van der Waals surface area contributed by atoms with Gasteiger partial charge in [-0.25, -0.2) is 0 Å². The molecule has 1 saturated carbocycles. The molecule has 10 atom stereocenters. The number of aliphatic hydroxyl groups excluding tert-OH is 2. The molecule has 1 aliphatic heterocycles. The van der Waals surface area contributed by atoms with Crippen molar-refractivity contribution in [3.8, 4) is 0 Å². The Hall–Kier alpha value is -0.930. The van der Waals surface area contributed by atoms with Gasteiger partial charge in [-0.3, -0.25) is 4.79 Å². The fourth-order valence-electron chi connectivity index (χ4n) is 4.48. The Morgan fingerprint density at radius 3 is 2.53 bits per heavy atom. The lowest BCUT2D eigenvalue weighted by molar-refractivity contribution is -0.262. The van der Waals surface area contributed by atoms with Gasteiger partial charge in [-0.2, -0.15) is 0 Å². The molecule has 0 spiro atoms. The van der Waals surface area contributed by atoms with Crippen molar-refractivity contribution in [2.75, 3.05) is 27.2 Å². The molecule has 0 aromatic carbocycles. The first kappa shape index (κ1) is 27.3. The van der Waals surface area contributed by atoms with Crippen LogP contribution in [0.15, 0.2) is 0 Å². The van der Waals surface area contributed by atoms with Gasteiger partial charge in [0.25, 0.3) is 0 Å². The molecule has 12 N–H and O–H groups in total. The summed E-state index contributed by atoms with van der Waals surface area (Å²) in [5.41, 5.74) is 23.5. The number of nitrogens with one attached hydrogen (secondary N) is 2. The zero-order chi connectivity index (χ0) is 23.8. The van der Waals surface area contributed by atoms with Gasteiger partial charge in [0.1, 0.15) is 12.2 Å². The predicted molar refractivity (Wildman–Crippen MR) is 118 cm³/mol. The molecule has 32 heavy (non-hydrogen) atoms. The van der Waals surface area contributed by atoms with Crippen molar-refractivity contribution in [2.45, 2.75) is 93.1 Å². The highest BCUT2D eigenvalue weighted by atomic mass is 16.7. The number of carbonyl (C=O) groups excluding carboxylic acids is 1. The number of nitrogens with two attached hydrogens (primary N) is 4. The van der Waals surface area contributed by atoms with Crippen molar-refractivity contribution in [3.63, 3.8) is 0 Å². The van der Waals surface area contributed by atoms with E-state index in [9.17, 15) is 15.0 Å². The first-order chi connectivity index (χ1) is 15.3. The molecule has 1 aliphatic carbocycles. The second-order valence-corrected chi connectivity index (χ2v) is 8.68. The van der Waals surface area contributed by atoms with E-state index in [0.29, 0.717) is 25.8 Å². The second kappa shape index (κ2) is 13.1. The van der Waals surface area contributed by atoms with Gasteiger partial charge in [0, 0.05) is 26.1 Å². The molecule has 1 amide bonds. The number of hydrogen-bond donors (Lipinski definition) is 8. The van der Waals surface area contributed by atoms with E-state index >= 15 is 0 Å². The van der Waals surface area contributed by atoms with E-state index in [2.05, 4.69) is 10.6 Å². The molecule has 10 unspecified atom stereocenters. The summed E-state index contributed by atoms with van der Waals surface area (Å²) in [7, 11) is 3.10. The monoisotopic (exact) mass is 462 g/mol. The van der Waals surface area contributed by atoms with Crippen molar-refractivity contribution in [3.05, 3.63) is 0 Å². The maximum absolute atomic E-state index is 12.5. The van der Waals surface area contributed by atoms with Crippen LogP contribution in [0, 0.1) is 0 Å². The van der Waals surface area contributed by atoms with E-state index in [1.807, 2.05) is 0 Å². The minimum atomic E-state index is -1.08. The lowest BCUT2D eigenvalue weighted by Crippen LogP contribution is -2.71. The van der Waals surface area contributed by atoms with E-state index in [4.69, 9.17) is 37.1 Å². The Bertz CT molecular complexity index is 575. The largest absolute Gasteiger partial charge is 0.389 e. The Morgan fingerprint density at radius 1 is 1.22 bits per heavy atom. The average molecular weight is 463 g/mol. The fraction of sp³-hybridized carbons (Fsp3) is 0.950. The Balaban J connectivity index is 2.09. The number of likely N-dealkylation sites (N-methyl/N-ethyl adjacent to an activating group) is 1. The summed E-state index contributed by atoms with van der Waals surface area (Å²) in [5.74, 6) is -0.219. The van der Waals surface area contributed by atoms with Crippen LogP contribution in [0.3, 0.4) is 0 Å². The van der Waals surface area contributed by atoms with Gasteiger partial charge in [0.15, 0.2) is 6.29 Å². The molecule has 1 saturated heterocycles. The summed E-state index contributed by atoms with van der Waals surface area (Å²) in [5, 5.41) is 27.4. The van der Waals surface area contributed by atoms with Crippen LogP contribution in [0.4, 0.5) is 0 Å². The molecule has 2 fully saturated rings. The third-order valence-electron chi connectivity index (χ3n) is 6.36. The SMILES string of the molecule is CNC1C(O)C(OC2OC(CN)CCC2NC(=O)CC(N)CCCN)C(N)C(O)C1OC. The molecule has 12 nitrogen and oxygen atoms in total. The third kappa shape index (κ3) is 6.79. The molecule has 2 aliphatic rings. The number of amides is 1. The summed E-state index contributed by atoms with van der Waals surface area (Å²) < 4.78 is 17.4. The zero-order valence-corrected chi connectivity index (χ0v) is 19.1. The van der Waals surface area contributed by atoms with Gasteiger partial charge in [-0.15, -0.1) is 0 Å². The lowest BCUT2D eigenvalue weighted by atomic mass is 9.81. The minimum Gasteiger partial charge on any atom is -0.389 e. The van der Waals surface area contributed by atoms with Crippen LogP contribution in [0.5, 0.6) is 0 Å². The lowest BCUT2D eigenvalue weighted by Gasteiger charge is -2.48. The number of hydrogen-bond acceptors (Lipinski definition) is 11. The molecule has 0 radical (unpaired) electrons. The molecule has 188 valence electrons. The number of carbonyl (C=O) groups is 1. The van der Waals surface area contributed by atoms with Gasteiger partial charge in [-0.1, -0.05) is 0 Å². The standard InChI is InChI=1S/C20H42N6O6/c1-25-15-17(29)18(14(24)16(28)19(15)30-2)32-20-12(6-5-11(9-22)31-20)26-13(27)8-10(23)4-3-7-21/h10-12,14-20,25,28-29H,3-9,21-24H2,1-2H3,(H,26,27). The summed E-state index contributed by atoms with van der Waals surface area (Å²) in [4.78, 5) is 12.5. The van der Waals surface area contributed by atoms with Crippen molar-refractivity contribution in [1.82, 2.24) is 10.6 Å². The highest BCUT2D eigenvalue weighted by Crippen LogP contribution is 2.29. The van der Waals surface area contributed by atoms with E-state index in [1.165, 1.54) is 7.11 Å². The normalized spacial score (nSPS) is 38.9. The summed E-state index contributed by atoms with van der Waals surface area (Å²) in [6, 6.07) is -2.30. The molecule has 0 aromatic rings. The topological polar surface area (TPSA) is 213 Å². The maximum atomic E-state index is 12.5. The highest BCUT2D eigenvalue weighted by molar-refractivity contribution is 5.76. The number of rotatable bonds is 11. The van der Waals surface area contributed by atoms with Crippen LogP contribution < -0.4 is 33.6 Å². The summed E-state index contributed by atoms with van der Waals surface area (Å²) in [6.45, 7) is 0.812. The van der Waals surface area contributed by atoms with Gasteiger partial charge in [-0.05, 0) is 39.3 Å². The van der Waals surface area contributed by atoms with Crippen LogP contribution >= 0.6 is 0 Å². The molecular formula is C20H42N6O6. The van der Waals surface area contributed by atoms with Crippen molar-refractivity contribution >= 4 is 5.91 Å². The minimum absolute atomic E-state index is 0.158. The fourth-order valence-corrected chi connectivity index (χ4v) is 4.48. The van der Waals surface area contributed by atoms with Crippen molar-refractivity contribution in [1.29, 1.82) is 0 Å². The van der Waals surface area contributed by atoms with Gasteiger partial charge in [0.05, 0.1) is 36.4 Å². The maximum Gasteiger partial charge on any atom is 0.221 e. The van der Waals surface area contributed by atoms with E-state index < -0.39 is 48.8 Å². The molecular weight excluding hydrogens is 420 g/mol. The molecule has 12 heteroatoms. The number of aliphatic hydroxyl groups is 2. The molecule has 0 aromatic heterocycles. The van der Waals surface area contributed by atoms with Crippen LogP contribution in [-0.2, 0) is 19.0 Å². The van der Waals surface area contributed by atoms with Gasteiger partial charge < -0.3 is 58.0 Å². The van der Waals surface area contributed by atoms with Crippen LogP contribution in [0.2, 0.25) is 0 Å². The van der Waals surface area contributed by atoms with Gasteiger partial charge in [0.2, 0.25) is 5.91 Å². The number of methoxy groups -OCH3 is 1. The smallest absolute Gasteiger partial charge is 0.221 e. The van der Waals surface area contributed by atoms with E-state index in [1.54, 1.807) is 7.05 Å². The highest BCUT2D eigenvalue weighted by Gasteiger charge is 2.50. The first-order valence-corrected chi connectivity index (χ1v) is 11.3. The quantitative estimate of drug-likeness (QED) is 0.150. The molecule has 2 rings (SSSR count). The summed E-state index contributed by atoms with van der Waals surface area (Å²) in [6.07, 6.45) is -2.18. The Labute approximate surface area is 189 Å². The number of ether oxygens (including phenoxy) is 3. The van der Waals surface area contributed by atoms with Crippen LogP contribution in [0.1, 0.15) is 32.1 Å². The third-order valence-corrected chi connectivity index (χ3v) is 6.36. The Kier molecular flexibility index (Phi) is 11.2. The van der Waals surface area contributed by atoms with Gasteiger partial charge >= 0.3 is 0 Å². The van der Waals surface area contributed by atoms with Crippen molar-refractivity contribution < 1.29 is 29.2 Å². The van der Waals surface area contributed by atoms with E-state index in [0.717, 1.165) is 6.42 Å². The summed E-state index contributed by atoms with van der Waals surface area (Å²) >= 11 is 0. The molecule has 1 heterocycles. The van der Waals surface area contributed by atoms with E-state index in [-0.39, 0.29) is 31.0 Å². The predicted octanol–water partition coefficient (Wildman–Crippen LogP) is -3.56. The van der Waals surface area contributed by atoms with Crippen molar-refractivity contribution in [2.24, 2.45) is 22.9 Å². The molecule has 0 bridgehead atoms. The second-order valence-electron chi connectivity index (χ2n) is 8.68. The zero-order valence-electron chi connectivity index (χ0n) is 19.1. The van der Waals surface area contributed by atoms with Crippen LogP contribution in [-0.4, -0.2) is 104 Å². The first-order valence-electron chi connectivity index (χ1n) is 11.3.